The molecule has 0 unspecified atom stereocenters. The fraction of sp³-hybridized carbons (Fsp3) is 0.143. The highest BCUT2D eigenvalue weighted by Crippen LogP contribution is 2.32. The van der Waals surface area contributed by atoms with E-state index in [-0.39, 0.29) is 0 Å². The molecule has 0 saturated heterocycles. The normalized spacial score (nSPS) is 19.5. The van der Waals surface area contributed by atoms with Crippen LogP contribution in [-0.4, -0.2) is 46.1 Å². The molecule has 8 bridgehead atoms. The fourth-order valence-corrected chi connectivity index (χ4v) is 4.62. The summed E-state index contributed by atoms with van der Waals surface area (Å²) in [5.41, 5.74) is 7.54. The molecule has 0 aliphatic carbocycles. The molecule has 5 heterocycles. The summed E-state index contributed by atoms with van der Waals surface area (Å²) in [5, 5.41) is 11.1. The Balaban J connectivity index is 1.89. The number of aromatic amines is 1. The van der Waals surface area contributed by atoms with E-state index in [1.165, 1.54) is 0 Å². The van der Waals surface area contributed by atoms with Crippen molar-refractivity contribution in [1.29, 1.82) is 0 Å². The summed E-state index contributed by atoms with van der Waals surface area (Å²) in [6, 6.07) is 0. The van der Waals surface area contributed by atoms with Gasteiger partial charge in [0.15, 0.2) is 18.9 Å². The molecule has 0 atom stereocenters. The van der Waals surface area contributed by atoms with Gasteiger partial charge in [0, 0.05) is 27.6 Å². The minimum absolute atomic E-state index is 0.404. The van der Waals surface area contributed by atoms with E-state index in [2.05, 4.69) is 20.0 Å². The first-order valence-corrected chi connectivity index (χ1v) is 11.3. The molecule has 0 saturated carbocycles. The van der Waals surface area contributed by atoms with E-state index in [1.54, 1.807) is 45.1 Å². The van der Waals surface area contributed by atoms with Crippen molar-refractivity contribution < 1.29 is 19.5 Å². The number of hydrogen-bond donors (Lipinski definition) is 2. The van der Waals surface area contributed by atoms with Crippen LogP contribution >= 0.6 is 0 Å². The first-order valence-electron chi connectivity index (χ1n) is 11.3. The zero-order chi connectivity index (χ0) is 25.7. The Morgan fingerprint density at radius 2 is 1.08 bits per heavy atom. The first kappa shape index (κ1) is 23.0. The Hall–Kier alpha value is -4.72. The van der Waals surface area contributed by atoms with E-state index in [4.69, 9.17) is 0 Å². The van der Waals surface area contributed by atoms with E-state index in [0.717, 1.165) is 30.7 Å². The van der Waals surface area contributed by atoms with Crippen LogP contribution in [0.2, 0.25) is 0 Å². The van der Waals surface area contributed by atoms with E-state index < -0.39 is 0 Å². The molecule has 0 amide bonds. The quantitative estimate of drug-likeness (QED) is 0.648. The average molecular weight is 479 g/mol. The maximum absolute atomic E-state index is 12.0. The van der Waals surface area contributed by atoms with E-state index >= 15 is 0 Å². The Bertz CT molecular complexity index is 1710. The topological polar surface area (TPSA) is 124 Å². The summed E-state index contributed by atoms with van der Waals surface area (Å²) in [4.78, 5) is 53.2. The molecule has 5 rings (SSSR count). The molecular weight excluding hydrogens is 456 g/mol. The number of hydrogen-bond acceptors (Lipinski definition) is 7. The lowest BCUT2D eigenvalue weighted by Crippen LogP contribution is -2.25. The Morgan fingerprint density at radius 1 is 0.667 bits per heavy atom. The number of fused-ring (bicyclic) bond motifs is 5. The minimum Gasteiger partial charge on any atom is -0.515 e. The smallest absolute Gasteiger partial charge is 0.152 e. The van der Waals surface area contributed by atoms with Gasteiger partial charge < -0.3 is 10.1 Å². The highest BCUT2D eigenvalue weighted by atomic mass is 16.2. The number of nitrogens with one attached hydrogen (secondary N) is 1. The molecule has 2 N–H and O–H groups in total. The number of nitrogens with zero attached hydrogens (tertiary/aromatic N) is 3. The monoisotopic (exact) mass is 478 g/mol. The second kappa shape index (κ2) is 8.49. The largest absolute Gasteiger partial charge is 0.515 e. The molecule has 8 heteroatoms. The molecule has 0 aromatic carbocycles. The van der Waals surface area contributed by atoms with Crippen LogP contribution < -0.4 is 10.6 Å². The van der Waals surface area contributed by atoms with Gasteiger partial charge in [-0.05, 0) is 74.3 Å². The molecule has 0 spiro atoms. The van der Waals surface area contributed by atoms with Crippen molar-refractivity contribution in [2.75, 3.05) is 0 Å². The van der Waals surface area contributed by atoms with Gasteiger partial charge in [-0.25, -0.2) is 15.0 Å². The maximum atomic E-state index is 12.0. The maximum Gasteiger partial charge on any atom is 0.152 e. The average Bonchev–Trinajstić information content (AvgIpc) is 3.51. The van der Waals surface area contributed by atoms with Crippen molar-refractivity contribution in [2.24, 2.45) is 15.0 Å². The zero-order valence-corrected chi connectivity index (χ0v) is 20.1. The third-order valence-corrected chi connectivity index (χ3v) is 6.87. The van der Waals surface area contributed by atoms with Gasteiger partial charge in [0.1, 0.15) is 0 Å². The van der Waals surface area contributed by atoms with Gasteiger partial charge in [0.2, 0.25) is 0 Å². The number of carbonyl (C=O) groups excluding carboxylic acids is 3. The number of allylic oxidation sites excluding steroid dienone is 8. The van der Waals surface area contributed by atoms with E-state index in [9.17, 15) is 19.5 Å². The molecule has 4 aliphatic rings. The number of aldehydes is 3. The lowest BCUT2D eigenvalue weighted by molar-refractivity contribution is -0.105. The van der Waals surface area contributed by atoms with E-state index in [1.807, 2.05) is 6.92 Å². The third kappa shape index (κ3) is 3.38. The summed E-state index contributed by atoms with van der Waals surface area (Å²) in [5.74, 6) is 0. The van der Waals surface area contributed by atoms with Gasteiger partial charge >= 0.3 is 0 Å². The summed E-state index contributed by atoms with van der Waals surface area (Å²) < 4.78 is 0. The van der Waals surface area contributed by atoms with Crippen LogP contribution in [0.25, 0.3) is 18.4 Å². The van der Waals surface area contributed by atoms with Crippen molar-refractivity contribution in [2.45, 2.75) is 27.7 Å². The Morgan fingerprint density at radius 3 is 1.50 bits per heavy atom. The van der Waals surface area contributed by atoms with Crippen LogP contribution in [0.15, 0.2) is 77.7 Å². The van der Waals surface area contributed by atoms with Gasteiger partial charge in [-0.15, -0.1) is 0 Å². The van der Waals surface area contributed by atoms with Crippen LogP contribution in [0.5, 0.6) is 0 Å². The summed E-state index contributed by atoms with van der Waals surface area (Å²) in [7, 11) is 0. The van der Waals surface area contributed by atoms with Crippen LogP contribution in [0.1, 0.15) is 32.0 Å². The minimum atomic E-state index is 0.404. The predicted molar refractivity (Wildman–Crippen MR) is 139 cm³/mol. The number of aliphatic hydroxyl groups excluding tert-OH is 1. The van der Waals surface area contributed by atoms with Crippen molar-refractivity contribution in [3.05, 3.63) is 84.5 Å². The highest BCUT2D eigenvalue weighted by molar-refractivity contribution is 6.26. The summed E-state index contributed by atoms with van der Waals surface area (Å²) in [6.45, 7) is 7.22. The molecule has 4 aliphatic heterocycles. The SMILES string of the molecule is CC1=C(C=O)C2=CC3=NC(=Cc4[nH]c(/c(=C/O)c4C)=CC4=NC(=CC1=N2)C(C=O)=C4C)C(C=O)=C3C. The molecular formula is C28H22N4O4. The van der Waals surface area contributed by atoms with Gasteiger partial charge in [0.25, 0.3) is 0 Å². The van der Waals surface area contributed by atoms with Crippen molar-refractivity contribution in [3.8, 4) is 0 Å². The van der Waals surface area contributed by atoms with Crippen LogP contribution in [-0.2, 0) is 14.4 Å². The standard InChI is InChI=1S/C28H22N4O4/c1-13-17(9-33)25-6-22-15(3)19(11-35)27(31-22)8-24-16(4)20(12-36)28(32-24)7-23-14(2)18(10-34)26(30-23)5-21(13)29-25/h5-12,29,33H,1-4H3/b17-9+,25-6?,26-5?,27-8?,28-7?. The van der Waals surface area contributed by atoms with Gasteiger partial charge in [-0.1, -0.05) is 0 Å². The van der Waals surface area contributed by atoms with Crippen molar-refractivity contribution in [1.82, 2.24) is 4.98 Å². The molecule has 0 radical (unpaired) electrons. The highest BCUT2D eigenvalue weighted by Gasteiger charge is 2.26. The van der Waals surface area contributed by atoms with Crippen LogP contribution in [0.4, 0.5) is 0 Å². The second-order valence-corrected chi connectivity index (χ2v) is 8.81. The molecule has 8 nitrogen and oxygen atoms in total. The molecule has 178 valence electrons. The molecule has 36 heavy (non-hydrogen) atoms. The number of aliphatic hydroxyl groups is 1. The summed E-state index contributed by atoms with van der Waals surface area (Å²) in [6.07, 6.45) is 10.1. The number of H-pyrrole nitrogens is 1. The molecule has 1 aromatic heterocycles. The van der Waals surface area contributed by atoms with Crippen LogP contribution in [0, 0.1) is 6.92 Å². The first-order chi connectivity index (χ1) is 17.3. The number of carbonyl (C=O) groups is 3. The number of aromatic nitrogens is 1. The van der Waals surface area contributed by atoms with Gasteiger partial charge in [-0.2, -0.15) is 0 Å². The summed E-state index contributed by atoms with van der Waals surface area (Å²) >= 11 is 0. The van der Waals surface area contributed by atoms with Crippen LogP contribution in [0.3, 0.4) is 0 Å². The second-order valence-electron chi connectivity index (χ2n) is 8.81. The third-order valence-electron chi connectivity index (χ3n) is 6.87. The lowest BCUT2D eigenvalue weighted by Gasteiger charge is -1.98. The predicted octanol–water partition coefficient (Wildman–Crippen LogP) is 2.43. The Labute approximate surface area is 206 Å². The van der Waals surface area contributed by atoms with Gasteiger partial charge in [0.05, 0.1) is 45.8 Å². The lowest BCUT2D eigenvalue weighted by atomic mass is 10.0. The number of rotatable bonds is 3. The molecule has 0 fully saturated rings. The van der Waals surface area contributed by atoms with Crippen molar-refractivity contribution in [3.63, 3.8) is 0 Å². The zero-order valence-electron chi connectivity index (χ0n) is 20.1. The van der Waals surface area contributed by atoms with Crippen molar-refractivity contribution >= 4 is 54.4 Å². The number of aliphatic imine (C=N–C) groups is 3. The molecule has 1 aromatic rings. The fourth-order valence-electron chi connectivity index (χ4n) is 4.62. The Kier molecular flexibility index (Phi) is 5.44. The van der Waals surface area contributed by atoms with E-state index in [0.29, 0.717) is 83.9 Å². The van der Waals surface area contributed by atoms with Gasteiger partial charge in [-0.3, -0.25) is 14.4 Å².